The minimum Gasteiger partial charge on any atom is -0.507 e. The number of aromatic hydroxyl groups is 1. The molecule has 0 saturated carbocycles. The summed E-state index contributed by atoms with van der Waals surface area (Å²) in [5, 5.41) is 11.0. The van der Waals surface area contributed by atoms with E-state index < -0.39 is 5.60 Å². The molecular weight excluding hydrogens is 360 g/mol. The number of rotatable bonds is 8. The second-order valence-electron chi connectivity index (χ2n) is 9.44. The molecule has 3 nitrogen and oxygen atoms in total. The first kappa shape index (κ1) is 21.5. The summed E-state index contributed by atoms with van der Waals surface area (Å²) in [6.45, 7) is 10.9. The third-order valence-corrected chi connectivity index (χ3v) is 6.28. The van der Waals surface area contributed by atoms with Gasteiger partial charge in [-0.3, -0.25) is 0 Å². The van der Waals surface area contributed by atoms with Crippen molar-refractivity contribution in [2.24, 2.45) is 0 Å². The molecule has 29 heavy (non-hydrogen) atoms. The lowest BCUT2D eigenvalue weighted by atomic mass is 9.78. The normalized spacial score (nSPS) is 14.7. The van der Waals surface area contributed by atoms with Crippen LogP contribution in [-0.2, 0) is 11.0 Å². The summed E-state index contributed by atoms with van der Waals surface area (Å²) in [4.78, 5) is 0. The highest BCUT2D eigenvalue weighted by molar-refractivity contribution is 5.83. The molecule has 2 aromatic carbocycles. The number of ether oxygens (including phenoxy) is 2. The van der Waals surface area contributed by atoms with Gasteiger partial charge in [0.2, 0.25) is 0 Å². The van der Waals surface area contributed by atoms with Crippen LogP contribution in [0.4, 0.5) is 0 Å². The Balaban J connectivity index is 1.96. The van der Waals surface area contributed by atoms with Crippen LogP contribution in [0.2, 0.25) is 0 Å². The van der Waals surface area contributed by atoms with E-state index in [0.29, 0.717) is 0 Å². The van der Waals surface area contributed by atoms with E-state index >= 15 is 0 Å². The van der Waals surface area contributed by atoms with Crippen molar-refractivity contribution in [3.8, 4) is 28.4 Å². The summed E-state index contributed by atoms with van der Waals surface area (Å²) < 4.78 is 11.8. The second kappa shape index (κ2) is 8.30. The number of hydrogen-bond donors (Lipinski definition) is 1. The van der Waals surface area contributed by atoms with Crippen molar-refractivity contribution < 1.29 is 14.6 Å². The summed E-state index contributed by atoms with van der Waals surface area (Å²) in [5.41, 5.74) is 3.46. The van der Waals surface area contributed by atoms with Crippen LogP contribution in [0.1, 0.15) is 84.3 Å². The van der Waals surface area contributed by atoms with Crippen molar-refractivity contribution in [3.63, 3.8) is 0 Å². The Hall–Kier alpha value is -2.16. The third kappa shape index (κ3) is 4.39. The third-order valence-electron chi connectivity index (χ3n) is 6.28. The van der Waals surface area contributed by atoms with E-state index in [9.17, 15) is 5.11 Å². The molecule has 0 aromatic heterocycles. The van der Waals surface area contributed by atoms with Gasteiger partial charge >= 0.3 is 0 Å². The Morgan fingerprint density at radius 2 is 1.76 bits per heavy atom. The molecule has 1 heterocycles. The summed E-state index contributed by atoms with van der Waals surface area (Å²) >= 11 is 0. The molecular formula is C26H36O3. The van der Waals surface area contributed by atoms with Crippen LogP contribution in [0.25, 0.3) is 11.1 Å². The average molecular weight is 397 g/mol. The van der Waals surface area contributed by atoms with E-state index in [0.717, 1.165) is 40.2 Å². The molecule has 0 atom stereocenters. The lowest BCUT2D eigenvalue weighted by molar-refractivity contribution is 0.105. The molecule has 0 saturated heterocycles. The fourth-order valence-electron chi connectivity index (χ4n) is 4.37. The van der Waals surface area contributed by atoms with Crippen LogP contribution in [0.5, 0.6) is 17.2 Å². The number of unbranched alkanes of at least 4 members (excludes halogenated alkanes) is 4. The van der Waals surface area contributed by atoms with Crippen LogP contribution in [-0.4, -0.2) is 12.2 Å². The van der Waals surface area contributed by atoms with Gasteiger partial charge in [0.05, 0.1) is 12.7 Å². The molecule has 1 aliphatic rings. The lowest BCUT2D eigenvalue weighted by Gasteiger charge is -2.36. The molecule has 0 amide bonds. The highest BCUT2D eigenvalue weighted by Crippen LogP contribution is 2.51. The summed E-state index contributed by atoms with van der Waals surface area (Å²) in [7, 11) is 1.67. The zero-order valence-corrected chi connectivity index (χ0v) is 18.9. The minimum absolute atomic E-state index is 0.0130. The van der Waals surface area contributed by atoms with Crippen molar-refractivity contribution in [2.75, 3.05) is 7.11 Å². The SMILES string of the molecule is CCCCCCCC(C)(C)c1cc(O)c2c(c1)OC(C)(C)c1ccc(OC)cc1-2. The van der Waals surface area contributed by atoms with E-state index in [1.54, 1.807) is 7.11 Å². The van der Waals surface area contributed by atoms with Gasteiger partial charge in [0.15, 0.2) is 0 Å². The molecule has 158 valence electrons. The number of phenolic OH excluding ortho intramolecular Hbond substituents is 1. The number of fused-ring (bicyclic) bond motifs is 3. The number of benzene rings is 2. The van der Waals surface area contributed by atoms with Crippen LogP contribution < -0.4 is 9.47 Å². The van der Waals surface area contributed by atoms with Crippen molar-refractivity contribution >= 4 is 0 Å². The van der Waals surface area contributed by atoms with Gasteiger partial charge in [0, 0.05) is 5.56 Å². The van der Waals surface area contributed by atoms with Crippen LogP contribution in [0, 0.1) is 0 Å². The maximum absolute atomic E-state index is 11.0. The number of methoxy groups -OCH3 is 1. The Kier molecular flexibility index (Phi) is 6.16. The molecule has 3 heteroatoms. The van der Waals surface area contributed by atoms with E-state index in [1.807, 2.05) is 24.3 Å². The first-order valence-corrected chi connectivity index (χ1v) is 10.9. The van der Waals surface area contributed by atoms with E-state index in [4.69, 9.17) is 9.47 Å². The number of hydrogen-bond acceptors (Lipinski definition) is 3. The van der Waals surface area contributed by atoms with Crippen molar-refractivity contribution in [1.29, 1.82) is 0 Å². The van der Waals surface area contributed by atoms with Gasteiger partial charge in [-0.05, 0) is 61.1 Å². The largest absolute Gasteiger partial charge is 0.507 e. The summed E-state index contributed by atoms with van der Waals surface area (Å²) in [5.74, 6) is 1.81. The highest BCUT2D eigenvalue weighted by Gasteiger charge is 2.35. The fraction of sp³-hybridized carbons (Fsp3) is 0.538. The second-order valence-corrected chi connectivity index (χ2v) is 9.44. The Morgan fingerprint density at radius 1 is 1.03 bits per heavy atom. The maximum atomic E-state index is 11.0. The van der Waals surface area contributed by atoms with Gasteiger partial charge in [-0.25, -0.2) is 0 Å². The zero-order chi connectivity index (χ0) is 21.2. The molecule has 3 rings (SSSR count). The predicted molar refractivity (Wildman–Crippen MR) is 120 cm³/mol. The van der Waals surface area contributed by atoms with Gasteiger partial charge < -0.3 is 14.6 Å². The maximum Gasteiger partial charge on any atom is 0.132 e. The number of phenols is 1. The molecule has 0 fully saturated rings. The smallest absolute Gasteiger partial charge is 0.132 e. The lowest BCUT2D eigenvalue weighted by Crippen LogP contribution is -2.29. The van der Waals surface area contributed by atoms with Crippen LogP contribution in [0.15, 0.2) is 30.3 Å². The van der Waals surface area contributed by atoms with Gasteiger partial charge in [-0.15, -0.1) is 0 Å². The van der Waals surface area contributed by atoms with E-state index in [1.165, 1.54) is 32.1 Å². The molecule has 0 aliphatic carbocycles. The summed E-state index contributed by atoms with van der Waals surface area (Å²) in [6.07, 6.45) is 7.45. The first-order valence-electron chi connectivity index (χ1n) is 10.9. The quantitative estimate of drug-likeness (QED) is 0.475. The van der Waals surface area contributed by atoms with E-state index in [-0.39, 0.29) is 11.2 Å². The highest BCUT2D eigenvalue weighted by atomic mass is 16.5. The monoisotopic (exact) mass is 396 g/mol. The molecule has 0 unspecified atom stereocenters. The van der Waals surface area contributed by atoms with Gasteiger partial charge in [-0.2, -0.15) is 0 Å². The predicted octanol–water partition coefficient (Wildman–Crippen LogP) is 7.33. The van der Waals surface area contributed by atoms with Gasteiger partial charge in [0.1, 0.15) is 22.8 Å². The molecule has 0 bridgehead atoms. The summed E-state index contributed by atoms with van der Waals surface area (Å²) in [6, 6.07) is 10.0. The minimum atomic E-state index is -0.468. The van der Waals surface area contributed by atoms with Gasteiger partial charge in [0.25, 0.3) is 0 Å². The zero-order valence-electron chi connectivity index (χ0n) is 18.9. The first-order chi connectivity index (χ1) is 13.7. The Morgan fingerprint density at radius 3 is 2.45 bits per heavy atom. The van der Waals surface area contributed by atoms with Crippen molar-refractivity contribution in [1.82, 2.24) is 0 Å². The fourth-order valence-corrected chi connectivity index (χ4v) is 4.37. The molecule has 0 radical (unpaired) electrons. The van der Waals surface area contributed by atoms with E-state index in [2.05, 4.69) is 40.7 Å². The molecule has 2 aromatic rings. The topological polar surface area (TPSA) is 38.7 Å². The average Bonchev–Trinajstić information content (AvgIpc) is 2.66. The molecule has 1 N–H and O–H groups in total. The Labute approximate surface area is 176 Å². The van der Waals surface area contributed by atoms with Crippen LogP contribution in [0.3, 0.4) is 0 Å². The Bertz CT molecular complexity index is 864. The van der Waals surface area contributed by atoms with Crippen molar-refractivity contribution in [3.05, 3.63) is 41.5 Å². The van der Waals surface area contributed by atoms with Crippen molar-refractivity contribution in [2.45, 2.75) is 84.2 Å². The molecule has 1 aliphatic heterocycles. The van der Waals surface area contributed by atoms with Crippen LogP contribution >= 0.6 is 0 Å². The standard InChI is InChI=1S/C26H36O3/c1-7-8-9-10-11-14-25(2,3)18-15-22(27)24-20-17-19(28-6)12-13-21(20)26(4,5)29-23(24)16-18/h12-13,15-17,27H,7-11,14H2,1-6H3. The molecule has 0 spiro atoms. The van der Waals surface area contributed by atoms with Gasteiger partial charge in [-0.1, -0.05) is 58.9 Å².